The van der Waals surface area contributed by atoms with Crippen LogP contribution in [0.3, 0.4) is 0 Å². The Kier molecular flexibility index (Phi) is 4.65. The van der Waals surface area contributed by atoms with Crippen molar-refractivity contribution in [3.63, 3.8) is 0 Å². The van der Waals surface area contributed by atoms with Gasteiger partial charge in [0.25, 0.3) is 0 Å². The number of pyridine rings is 1. The largest absolute Gasteiger partial charge is 0.282 e. The Morgan fingerprint density at radius 2 is 1.83 bits per heavy atom. The molecule has 0 atom stereocenters. The number of sulfone groups is 1. The Labute approximate surface area is 168 Å². The van der Waals surface area contributed by atoms with Crippen LogP contribution in [0.4, 0.5) is 0 Å². The van der Waals surface area contributed by atoms with Gasteiger partial charge in [-0.05, 0) is 43.2 Å². The van der Waals surface area contributed by atoms with Gasteiger partial charge < -0.3 is 0 Å². The van der Waals surface area contributed by atoms with Crippen molar-refractivity contribution in [3.05, 3.63) is 77.1 Å². The van der Waals surface area contributed by atoms with Crippen LogP contribution >= 0.6 is 0 Å². The Bertz CT molecular complexity index is 1360. The average Bonchev–Trinajstić information content (AvgIpc) is 3.08. The first-order chi connectivity index (χ1) is 13.9. The van der Waals surface area contributed by atoms with Gasteiger partial charge in [0.1, 0.15) is 6.07 Å². The molecule has 0 bridgehead atoms. The van der Waals surface area contributed by atoms with E-state index >= 15 is 0 Å². The van der Waals surface area contributed by atoms with Crippen molar-refractivity contribution in [2.45, 2.75) is 24.5 Å². The van der Waals surface area contributed by atoms with Crippen molar-refractivity contribution >= 4 is 20.7 Å². The number of H-pyrrole nitrogens is 1. The molecule has 0 amide bonds. The molecule has 0 unspecified atom stereocenters. The van der Waals surface area contributed by atoms with Crippen LogP contribution in [-0.2, 0) is 15.6 Å². The van der Waals surface area contributed by atoms with Crippen molar-refractivity contribution in [1.29, 1.82) is 5.26 Å². The lowest BCUT2D eigenvalue weighted by atomic mass is 10.1. The van der Waals surface area contributed by atoms with Crippen molar-refractivity contribution in [2.75, 3.05) is 0 Å². The molecule has 0 saturated heterocycles. The lowest BCUT2D eigenvalue weighted by Gasteiger charge is -2.08. The molecule has 0 saturated carbocycles. The molecule has 0 spiro atoms. The summed E-state index contributed by atoms with van der Waals surface area (Å²) in [6.07, 6.45) is 1.78. The Balaban J connectivity index is 1.62. The summed E-state index contributed by atoms with van der Waals surface area (Å²) in [7, 11) is -3.63. The van der Waals surface area contributed by atoms with Crippen molar-refractivity contribution in [1.82, 2.24) is 15.2 Å². The zero-order valence-electron chi connectivity index (χ0n) is 16.0. The topological polar surface area (TPSA) is 99.5 Å². The number of hydrogen-bond donors (Lipinski definition) is 1. The molecule has 7 heteroatoms. The molecule has 2 aromatic carbocycles. The summed E-state index contributed by atoms with van der Waals surface area (Å²) in [6.45, 7) is 3.75. The van der Waals surface area contributed by atoms with Gasteiger partial charge in [-0.1, -0.05) is 30.3 Å². The van der Waals surface area contributed by atoms with Gasteiger partial charge >= 0.3 is 0 Å². The quantitative estimate of drug-likeness (QED) is 0.554. The van der Waals surface area contributed by atoms with Gasteiger partial charge in [0.15, 0.2) is 9.84 Å². The average molecular weight is 402 g/mol. The molecule has 0 aliphatic carbocycles. The summed E-state index contributed by atoms with van der Waals surface area (Å²) < 4.78 is 25.7. The van der Waals surface area contributed by atoms with Gasteiger partial charge in [-0.25, -0.2) is 8.42 Å². The minimum Gasteiger partial charge on any atom is -0.282 e. The molecule has 1 N–H and O–H groups in total. The molecule has 144 valence electrons. The third kappa shape index (κ3) is 3.62. The maximum absolute atomic E-state index is 12.9. The smallest absolute Gasteiger partial charge is 0.183 e. The summed E-state index contributed by atoms with van der Waals surface area (Å²) in [5.41, 5.74) is 5.06. The lowest BCUT2D eigenvalue weighted by Crippen LogP contribution is -2.07. The lowest BCUT2D eigenvalue weighted by molar-refractivity contribution is 0.595. The number of rotatable bonds is 4. The van der Waals surface area contributed by atoms with Gasteiger partial charge in [0.05, 0.1) is 27.4 Å². The number of aromatic nitrogens is 3. The first kappa shape index (κ1) is 18.8. The number of aryl methyl sites for hydroxylation is 2. The van der Waals surface area contributed by atoms with Crippen LogP contribution in [0.2, 0.25) is 0 Å². The van der Waals surface area contributed by atoms with Crippen LogP contribution in [0.5, 0.6) is 0 Å². The fourth-order valence-electron chi connectivity index (χ4n) is 3.24. The number of nitrogens with one attached hydrogen (secondary N) is 1. The van der Waals surface area contributed by atoms with Gasteiger partial charge in [-0.2, -0.15) is 10.4 Å². The second kappa shape index (κ2) is 7.15. The van der Waals surface area contributed by atoms with Gasteiger partial charge in [0.2, 0.25) is 0 Å². The summed E-state index contributed by atoms with van der Waals surface area (Å²) in [5.74, 6) is -0.170. The first-order valence-electron chi connectivity index (χ1n) is 9.01. The molecule has 6 nitrogen and oxygen atoms in total. The summed E-state index contributed by atoms with van der Waals surface area (Å²) in [4.78, 5) is 4.55. The fourth-order valence-corrected chi connectivity index (χ4v) is 4.84. The number of aromatic amines is 1. The van der Waals surface area contributed by atoms with Crippen LogP contribution in [0.1, 0.15) is 22.4 Å². The summed E-state index contributed by atoms with van der Waals surface area (Å²) in [6, 6.07) is 15.9. The second-order valence-electron chi connectivity index (χ2n) is 7.00. The SMILES string of the molecule is Cc1ccc(C#N)c(S(=O)(=O)Cc2ccc(-c3cc4n[nH]c(C)c4cn3)cc2)c1. The maximum atomic E-state index is 12.9. The highest BCUT2D eigenvalue weighted by Gasteiger charge is 2.20. The zero-order valence-corrected chi connectivity index (χ0v) is 16.8. The molecule has 4 aromatic rings. The van der Waals surface area contributed by atoms with E-state index in [0.717, 1.165) is 33.4 Å². The predicted octanol–water partition coefficient (Wildman–Crippen LogP) is 4.09. The Morgan fingerprint density at radius 3 is 2.55 bits per heavy atom. The van der Waals surface area contributed by atoms with E-state index in [0.29, 0.717) is 5.56 Å². The van der Waals surface area contributed by atoms with E-state index in [2.05, 4.69) is 15.2 Å². The third-order valence-electron chi connectivity index (χ3n) is 4.83. The van der Waals surface area contributed by atoms with Crippen LogP contribution in [-0.4, -0.2) is 23.6 Å². The molecule has 2 aromatic heterocycles. The van der Waals surface area contributed by atoms with E-state index in [1.165, 1.54) is 0 Å². The normalized spacial score (nSPS) is 11.5. The summed E-state index contributed by atoms with van der Waals surface area (Å²) in [5, 5.41) is 17.4. The van der Waals surface area contributed by atoms with E-state index in [-0.39, 0.29) is 16.2 Å². The predicted molar refractivity (Wildman–Crippen MR) is 111 cm³/mol. The minimum absolute atomic E-state index is 0.0742. The first-order valence-corrected chi connectivity index (χ1v) is 10.7. The van der Waals surface area contributed by atoms with Gasteiger partial charge in [0, 0.05) is 22.8 Å². The molecular formula is C22H18N4O2S. The Hall–Kier alpha value is -3.50. The highest BCUT2D eigenvalue weighted by Crippen LogP contribution is 2.25. The Morgan fingerprint density at radius 1 is 1.07 bits per heavy atom. The van der Waals surface area contributed by atoms with E-state index in [1.54, 1.807) is 43.5 Å². The minimum atomic E-state index is -3.63. The third-order valence-corrected chi connectivity index (χ3v) is 6.55. The number of fused-ring (bicyclic) bond motifs is 1. The van der Waals surface area contributed by atoms with Crippen molar-refractivity contribution < 1.29 is 8.42 Å². The van der Waals surface area contributed by atoms with Crippen LogP contribution in [0.25, 0.3) is 22.2 Å². The van der Waals surface area contributed by atoms with Crippen LogP contribution < -0.4 is 0 Å². The van der Waals surface area contributed by atoms with Gasteiger partial charge in [-0.15, -0.1) is 0 Å². The van der Waals surface area contributed by atoms with E-state index < -0.39 is 9.84 Å². The van der Waals surface area contributed by atoms with E-state index in [4.69, 9.17) is 0 Å². The van der Waals surface area contributed by atoms with E-state index in [9.17, 15) is 13.7 Å². The van der Waals surface area contributed by atoms with Crippen LogP contribution in [0.15, 0.2) is 59.6 Å². The van der Waals surface area contributed by atoms with E-state index in [1.807, 2.05) is 31.2 Å². The maximum Gasteiger partial charge on any atom is 0.183 e. The van der Waals surface area contributed by atoms with Gasteiger partial charge in [-0.3, -0.25) is 10.1 Å². The van der Waals surface area contributed by atoms with Crippen molar-refractivity contribution in [2.24, 2.45) is 0 Å². The number of benzene rings is 2. The van der Waals surface area contributed by atoms with Crippen LogP contribution in [0, 0.1) is 25.2 Å². The fraction of sp³-hybridized carbons (Fsp3) is 0.136. The highest BCUT2D eigenvalue weighted by atomic mass is 32.2. The van der Waals surface area contributed by atoms with Crippen molar-refractivity contribution in [3.8, 4) is 17.3 Å². The standard InChI is InChI=1S/C22H18N4O2S/c1-14-3-6-18(11-23)22(9-14)29(27,28)13-16-4-7-17(8-5-16)20-10-21-19(12-24-20)15(2)25-26-21/h3-10,12H,13H2,1-2H3,(H,25,26). The number of nitriles is 1. The molecule has 2 heterocycles. The summed E-state index contributed by atoms with van der Waals surface area (Å²) >= 11 is 0. The molecular weight excluding hydrogens is 384 g/mol. The molecule has 29 heavy (non-hydrogen) atoms. The molecule has 0 fully saturated rings. The second-order valence-corrected chi connectivity index (χ2v) is 8.96. The zero-order chi connectivity index (χ0) is 20.6. The molecule has 0 aliphatic heterocycles. The monoisotopic (exact) mass is 402 g/mol. The highest BCUT2D eigenvalue weighted by molar-refractivity contribution is 7.90. The number of nitrogens with zero attached hydrogens (tertiary/aromatic N) is 3. The molecule has 0 aliphatic rings. The number of hydrogen-bond acceptors (Lipinski definition) is 5. The molecule has 4 rings (SSSR count). The molecule has 0 radical (unpaired) electrons.